The topological polar surface area (TPSA) is 40.5 Å². The molecule has 0 aromatic heterocycles. The minimum Gasteiger partial charge on any atom is -0.508 e. The van der Waals surface area contributed by atoms with Gasteiger partial charge in [-0.3, -0.25) is 4.79 Å². The fourth-order valence-electron chi connectivity index (χ4n) is 1.76. The molecule has 0 aliphatic carbocycles. The molecule has 1 aromatic carbocycles. The highest BCUT2D eigenvalue weighted by molar-refractivity contribution is 5.79. The van der Waals surface area contributed by atoms with Gasteiger partial charge in [-0.15, -0.1) is 0 Å². The summed E-state index contributed by atoms with van der Waals surface area (Å²) >= 11 is 0. The Balaban J connectivity index is 2.64. The number of benzene rings is 1. The van der Waals surface area contributed by atoms with Crippen LogP contribution in [0.1, 0.15) is 26.3 Å². The first-order valence-corrected chi connectivity index (χ1v) is 5.80. The van der Waals surface area contributed by atoms with Gasteiger partial charge in [-0.25, -0.2) is 0 Å². The number of likely N-dealkylation sites (N-methyl/N-ethyl adjacent to an activating group) is 1. The molecular weight excluding hydrogens is 214 g/mol. The smallest absolute Gasteiger partial charge is 0.226 e. The maximum Gasteiger partial charge on any atom is 0.226 e. The van der Waals surface area contributed by atoms with E-state index in [4.69, 9.17) is 0 Å². The maximum absolute atomic E-state index is 12.0. The van der Waals surface area contributed by atoms with E-state index < -0.39 is 0 Å². The number of carbonyl (C=O) groups is 1. The van der Waals surface area contributed by atoms with Gasteiger partial charge in [-0.05, 0) is 11.5 Å². The lowest BCUT2D eigenvalue weighted by Gasteiger charge is -2.26. The van der Waals surface area contributed by atoms with Crippen LogP contribution in [0.5, 0.6) is 5.75 Å². The number of phenolic OH excluding ortho intramolecular Hbond substituents is 1. The molecule has 0 atom stereocenters. The number of hydrogen-bond donors (Lipinski definition) is 1. The van der Waals surface area contributed by atoms with Crippen LogP contribution in [0.15, 0.2) is 24.3 Å². The molecule has 0 saturated heterocycles. The first-order valence-electron chi connectivity index (χ1n) is 5.80. The largest absolute Gasteiger partial charge is 0.508 e. The molecule has 0 radical (unpaired) electrons. The highest BCUT2D eigenvalue weighted by atomic mass is 16.3. The van der Waals surface area contributed by atoms with E-state index in [0.717, 1.165) is 0 Å². The molecule has 1 amide bonds. The van der Waals surface area contributed by atoms with E-state index >= 15 is 0 Å². The van der Waals surface area contributed by atoms with Crippen LogP contribution >= 0.6 is 0 Å². The van der Waals surface area contributed by atoms with Gasteiger partial charge in [0.15, 0.2) is 0 Å². The van der Waals surface area contributed by atoms with Crippen LogP contribution < -0.4 is 0 Å². The van der Waals surface area contributed by atoms with Gasteiger partial charge >= 0.3 is 0 Å². The molecule has 0 bridgehead atoms. The zero-order valence-corrected chi connectivity index (χ0v) is 11.0. The predicted molar refractivity (Wildman–Crippen MR) is 68.9 cm³/mol. The number of phenols is 1. The van der Waals surface area contributed by atoms with Crippen molar-refractivity contribution in [1.29, 1.82) is 0 Å². The number of carbonyl (C=O) groups excluding carboxylic acids is 1. The van der Waals surface area contributed by atoms with E-state index in [1.165, 1.54) is 0 Å². The van der Waals surface area contributed by atoms with Crippen molar-refractivity contribution < 1.29 is 9.90 Å². The second-order valence-corrected chi connectivity index (χ2v) is 5.62. The molecule has 0 saturated carbocycles. The van der Waals surface area contributed by atoms with Gasteiger partial charge in [-0.1, -0.05) is 39.0 Å². The summed E-state index contributed by atoms with van der Waals surface area (Å²) in [7, 11) is 1.80. The van der Waals surface area contributed by atoms with E-state index in [2.05, 4.69) is 20.8 Å². The van der Waals surface area contributed by atoms with E-state index in [1.807, 2.05) is 6.07 Å². The van der Waals surface area contributed by atoms with Crippen LogP contribution in [0.25, 0.3) is 0 Å². The third-order valence-electron chi connectivity index (χ3n) is 2.47. The molecule has 94 valence electrons. The first-order chi connectivity index (χ1) is 7.79. The van der Waals surface area contributed by atoms with Crippen molar-refractivity contribution in [2.75, 3.05) is 13.6 Å². The fourth-order valence-corrected chi connectivity index (χ4v) is 1.76. The van der Waals surface area contributed by atoms with Crippen molar-refractivity contribution in [1.82, 2.24) is 4.90 Å². The van der Waals surface area contributed by atoms with Gasteiger partial charge in [0.05, 0.1) is 6.42 Å². The molecule has 0 heterocycles. The summed E-state index contributed by atoms with van der Waals surface area (Å²) in [5.41, 5.74) is 0.765. The number of amides is 1. The van der Waals surface area contributed by atoms with Crippen molar-refractivity contribution in [3.05, 3.63) is 29.8 Å². The van der Waals surface area contributed by atoms with Crippen molar-refractivity contribution in [2.45, 2.75) is 27.2 Å². The third kappa shape index (κ3) is 4.47. The monoisotopic (exact) mass is 235 g/mol. The number of nitrogens with zero attached hydrogens (tertiary/aromatic N) is 1. The Morgan fingerprint density at radius 2 is 1.88 bits per heavy atom. The molecule has 3 heteroatoms. The van der Waals surface area contributed by atoms with Crippen molar-refractivity contribution in [2.24, 2.45) is 5.41 Å². The van der Waals surface area contributed by atoms with Crippen LogP contribution in [0.3, 0.4) is 0 Å². The minimum absolute atomic E-state index is 0.0291. The Morgan fingerprint density at radius 1 is 1.29 bits per heavy atom. The molecule has 0 fully saturated rings. The lowest BCUT2D eigenvalue weighted by atomic mass is 9.96. The molecule has 1 rings (SSSR count). The summed E-state index contributed by atoms with van der Waals surface area (Å²) in [6.07, 6.45) is 0.249. The van der Waals surface area contributed by atoms with Gasteiger partial charge < -0.3 is 10.0 Å². The number of hydrogen-bond acceptors (Lipinski definition) is 2. The summed E-state index contributed by atoms with van der Waals surface area (Å²) < 4.78 is 0. The summed E-state index contributed by atoms with van der Waals surface area (Å²) in [4.78, 5) is 13.7. The van der Waals surface area contributed by atoms with Crippen LogP contribution in [0.2, 0.25) is 0 Å². The molecule has 1 N–H and O–H groups in total. The van der Waals surface area contributed by atoms with Crippen LogP contribution in [0, 0.1) is 5.41 Å². The molecule has 0 unspecified atom stereocenters. The number of rotatable bonds is 3. The Bertz CT molecular complexity index is 393. The molecule has 1 aromatic rings. The van der Waals surface area contributed by atoms with E-state index in [1.54, 1.807) is 30.1 Å². The predicted octanol–water partition coefficient (Wildman–Crippen LogP) is 2.44. The average Bonchev–Trinajstić information content (AvgIpc) is 2.18. The van der Waals surface area contributed by atoms with Crippen molar-refractivity contribution in [3.8, 4) is 5.75 Å². The number of para-hydroxylation sites is 1. The highest BCUT2D eigenvalue weighted by Gasteiger charge is 2.18. The van der Waals surface area contributed by atoms with E-state index in [9.17, 15) is 9.90 Å². The first kappa shape index (κ1) is 13.6. The Kier molecular flexibility index (Phi) is 4.16. The fraction of sp³-hybridized carbons (Fsp3) is 0.500. The van der Waals surface area contributed by atoms with Crippen molar-refractivity contribution in [3.63, 3.8) is 0 Å². The quantitative estimate of drug-likeness (QED) is 0.874. The second kappa shape index (κ2) is 5.21. The molecule has 0 aliphatic heterocycles. The van der Waals surface area contributed by atoms with Crippen LogP contribution in [0.4, 0.5) is 0 Å². The third-order valence-corrected chi connectivity index (χ3v) is 2.47. The van der Waals surface area contributed by atoms with Crippen LogP contribution in [-0.4, -0.2) is 29.5 Å². The lowest BCUT2D eigenvalue weighted by Crippen LogP contribution is -2.35. The van der Waals surface area contributed by atoms with E-state index in [-0.39, 0.29) is 23.5 Å². The molecule has 17 heavy (non-hydrogen) atoms. The molecule has 0 aliphatic rings. The second-order valence-electron chi connectivity index (χ2n) is 5.62. The Morgan fingerprint density at radius 3 is 2.41 bits per heavy atom. The van der Waals surface area contributed by atoms with Crippen molar-refractivity contribution >= 4 is 5.91 Å². The SMILES string of the molecule is CN(CC(C)(C)C)C(=O)Cc1ccccc1O. The van der Waals surface area contributed by atoms with Gasteiger partial charge in [0.1, 0.15) is 5.75 Å². The van der Waals surface area contributed by atoms with Gasteiger partial charge in [0.2, 0.25) is 5.91 Å². The van der Waals surface area contributed by atoms with Gasteiger partial charge in [0.25, 0.3) is 0 Å². The molecule has 0 spiro atoms. The summed E-state index contributed by atoms with van der Waals surface area (Å²) in [5, 5.41) is 9.60. The Labute approximate surface area is 103 Å². The Hall–Kier alpha value is -1.51. The minimum atomic E-state index is 0.0291. The summed E-state index contributed by atoms with van der Waals surface area (Å²) in [6.45, 7) is 6.99. The van der Waals surface area contributed by atoms with Gasteiger partial charge in [-0.2, -0.15) is 0 Å². The lowest BCUT2D eigenvalue weighted by molar-refractivity contribution is -0.130. The summed E-state index contributed by atoms with van der Waals surface area (Å²) in [5.74, 6) is 0.214. The summed E-state index contributed by atoms with van der Waals surface area (Å²) in [6, 6.07) is 6.96. The molecular formula is C14H21NO2. The van der Waals surface area contributed by atoms with E-state index in [0.29, 0.717) is 12.1 Å². The zero-order valence-electron chi connectivity index (χ0n) is 11.0. The van der Waals surface area contributed by atoms with Gasteiger partial charge in [0, 0.05) is 19.2 Å². The highest BCUT2D eigenvalue weighted by Crippen LogP contribution is 2.18. The average molecular weight is 235 g/mol. The standard InChI is InChI=1S/C14H21NO2/c1-14(2,3)10-15(4)13(17)9-11-7-5-6-8-12(11)16/h5-8,16H,9-10H2,1-4H3. The zero-order chi connectivity index (χ0) is 13.1. The number of aromatic hydroxyl groups is 1. The maximum atomic E-state index is 12.0. The van der Waals surface area contributed by atoms with Crippen LogP contribution in [-0.2, 0) is 11.2 Å². The molecule has 3 nitrogen and oxygen atoms in total. The normalized spacial score (nSPS) is 11.3.